The fourth-order valence-corrected chi connectivity index (χ4v) is 4.29. The largest absolute Gasteiger partial charge is 0.340 e. The molecule has 21 heavy (non-hydrogen) atoms. The molecule has 3 nitrogen and oxygen atoms in total. The molecule has 0 radical (unpaired) electrons. The highest BCUT2D eigenvalue weighted by Crippen LogP contribution is 2.27. The third kappa shape index (κ3) is 4.30. The van der Waals surface area contributed by atoms with Gasteiger partial charge < -0.3 is 4.90 Å². The SMILES string of the molecule is O=C(CC1CCCCC1)N1CCN(Cc2cccs2)CC1. The highest BCUT2D eigenvalue weighted by Gasteiger charge is 2.24. The Hall–Kier alpha value is -0.870. The number of nitrogens with zero attached hydrogens (tertiary/aromatic N) is 2. The van der Waals surface area contributed by atoms with Crippen LogP contribution in [0.15, 0.2) is 17.5 Å². The summed E-state index contributed by atoms with van der Waals surface area (Å²) in [6.07, 6.45) is 7.35. The first-order valence-electron chi connectivity index (χ1n) is 8.34. The van der Waals surface area contributed by atoms with E-state index in [0.29, 0.717) is 11.8 Å². The van der Waals surface area contributed by atoms with E-state index in [1.54, 1.807) is 0 Å². The van der Waals surface area contributed by atoms with Gasteiger partial charge in [0, 0.05) is 44.0 Å². The van der Waals surface area contributed by atoms with Crippen molar-refractivity contribution in [2.45, 2.75) is 45.1 Å². The van der Waals surface area contributed by atoms with E-state index >= 15 is 0 Å². The molecule has 1 amide bonds. The van der Waals surface area contributed by atoms with Gasteiger partial charge in [-0.15, -0.1) is 11.3 Å². The molecular formula is C17H26N2OS. The van der Waals surface area contributed by atoms with Gasteiger partial charge in [-0.05, 0) is 30.2 Å². The van der Waals surface area contributed by atoms with E-state index < -0.39 is 0 Å². The summed E-state index contributed by atoms with van der Waals surface area (Å²) < 4.78 is 0. The van der Waals surface area contributed by atoms with Crippen molar-refractivity contribution >= 4 is 17.2 Å². The van der Waals surface area contributed by atoms with E-state index in [-0.39, 0.29) is 0 Å². The molecular weight excluding hydrogens is 280 g/mol. The van der Waals surface area contributed by atoms with Crippen molar-refractivity contribution in [1.82, 2.24) is 9.80 Å². The van der Waals surface area contributed by atoms with Crippen molar-refractivity contribution in [3.8, 4) is 0 Å². The van der Waals surface area contributed by atoms with Crippen LogP contribution in [0.3, 0.4) is 0 Å². The fourth-order valence-electron chi connectivity index (χ4n) is 3.55. The number of amides is 1. The summed E-state index contributed by atoms with van der Waals surface area (Å²) in [5, 5.41) is 2.14. The minimum absolute atomic E-state index is 0.401. The van der Waals surface area contributed by atoms with E-state index in [2.05, 4.69) is 27.3 Å². The fraction of sp³-hybridized carbons (Fsp3) is 0.706. The molecule has 2 heterocycles. The number of hydrogen-bond donors (Lipinski definition) is 0. The van der Waals surface area contributed by atoms with Crippen LogP contribution in [0.2, 0.25) is 0 Å². The lowest BCUT2D eigenvalue weighted by atomic mass is 9.86. The van der Waals surface area contributed by atoms with Gasteiger partial charge in [0.15, 0.2) is 0 Å². The van der Waals surface area contributed by atoms with Crippen LogP contribution >= 0.6 is 11.3 Å². The molecule has 0 aromatic carbocycles. The molecule has 1 saturated carbocycles. The van der Waals surface area contributed by atoms with Crippen molar-refractivity contribution < 1.29 is 4.79 Å². The molecule has 0 N–H and O–H groups in total. The molecule has 3 rings (SSSR count). The average molecular weight is 306 g/mol. The lowest BCUT2D eigenvalue weighted by Gasteiger charge is -2.35. The smallest absolute Gasteiger partial charge is 0.222 e. The zero-order valence-electron chi connectivity index (χ0n) is 12.8. The molecule has 1 saturated heterocycles. The second-order valence-electron chi connectivity index (χ2n) is 6.44. The van der Waals surface area contributed by atoms with E-state index in [0.717, 1.165) is 39.1 Å². The predicted molar refractivity (Wildman–Crippen MR) is 87.4 cm³/mol. The lowest BCUT2D eigenvalue weighted by Crippen LogP contribution is -2.48. The van der Waals surface area contributed by atoms with E-state index in [9.17, 15) is 4.79 Å². The van der Waals surface area contributed by atoms with Crippen LogP contribution in [-0.2, 0) is 11.3 Å². The number of carbonyl (C=O) groups excluding carboxylic acids is 1. The van der Waals surface area contributed by atoms with Gasteiger partial charge in [0.1, 0.15) is 0 Å². The molecule has 4 heteroatoms. The molecule has 116 valence electrons. The Kier molecular flexibility index (Phi) is 5.31. The Labute approximate surface area is 131 Å². The minimum atomic E-state index is 0.401. The zero-order chi connectivity index (χ0) is 14.5. The van der Waals surface area contributed by atoms with Crippen LogP contribution in [-0.4, -0.2) is 41.9 Å². The van der Waals surface area contributed by atoms with Gasteiger partial charge in [0.05, 0.1) is 0 Å². The lowest BCUT2D eigenvalue weighted by molar-refractivity contribution is -0.134. The van der Waals surface area contributed by atoms with Crippen LogP contribution in [0.5, 0.6) is 0 Å². The van der Waals surface area contributed by atoms with Crippen molar-refractivity contribution in [3.05, 3.63) is 22.4 Å². The van der Waals surface area contributed by atoms with Gasteiger partial charge in [-0.25, -0.2) is 0 Å². The molecule has 1 aromatic heterocycles. The summed E-state index contributed by atoms with van der Waals surface area (Å²) in [4.78, 5) is 18.4. The van der Waals surface area contributed by atoms with Gasteiger partial charge in [-0.3, -0.25) is 9.69 Å². The van der Waals surface area contributed by atoms with Crippen molar-refractivity contribution in [1.29, 1.82) is 0 Å². The molecule has 2 aliphatic rings. The number of thiophene rings is 1. The van der Waals surface area contributed by atoms with Crippen LogP contribution in [0.4, 0.5) is 0 Å². The normalized spacial score (nSPS) is 21.6. The van der Waals surface area contributed by atoms with Crippen LogP contribution in [0, 0.1) is 5.92 Å². The monoisotopic (exact) mass is 306 g/mol. The predicted octanol–water partition coefficient (Wildman–Crippen LogP) is 3.36. The maximum absolute atomic E-state index is 12.4. The summed E-state index contributed by atoms with van der Waals surface area (Å²) >= 11 is 1.82. The van der Waals surface area contributed by atoms with Gasteiger partial charge >= 0.3 is 0 Å². The number of hydrogen-bond acceptors (Lipinski definition) is 3. The summed E-state index contributed by atoms with van der Waals surface area (Å²) in [6, 6.07) is 4.31. The summed E-state index contributed by atoms with van der Waals surface area (Å²) in [5.74, 6) is 1.06. The van der Waals surface area contributed by atoms with Crippen molar-refractivity contribution in [2.24, 2.45) is 5.92 Å². The third-order valence-electron chi connectivity index (χ3n) is 4.87. The Morgan fingerprint density at radius 2 is 1.90 bits per heavy atom. The first-order chi connectivity index (χ1) is 10.3. The molecule has 1 aliphatic heterocycles. The Balaban J connectivity index is 1.41. The quantitative estimate of drug-likeness (QED) is 0.851. The number of carbonyl (C=O) groups is 1. The molecule has 0 atom stereocenters. The average Bonchev–Trinajstić information content (AvgIpc) is 3.02. The molecule has 0 spiro atoms. The zero-order valence-corrected chi connectivity index (χ0v) is 13.6. The summed E-state index contributed by atoms with van der Waals surface area (Å²) in [6.45, 7) is 4.92. The third-order valence-corrected chi connectivity index (χ3v) is 5.73. The maximum atomic E-state index is 12.4. The summed E-state index contributed by atoms with van der Waals surface area (Å²) in [5.41, 5.74) is 0. The minimum Gasteiger partial charge on any atom is -0.340 e. The van der Waals surface area contributed by atoms with Gasteiger partial charge in [0.25, 0.3) is 0 Å². The van der Waals surface area contributed by atoms with Crippen LogP contribution < -0.4 is 0 Å². The van der Waals surface area contributed by atoms with Gasteiger partial charge in [0.2, 0.25) is 5.91 Å². The number of piperazine rings is 1. The molecule has 0 unspecified atom stereocenters. The number of rotatable bonds is 4. The van der Waals surface area contributed by atoms with Crippen molar-refractivity contribution in [2.75, 3.05) is 26.2 Å². The highest BCUT2D eigenvalue weighted by atomic mass is 32.1. The van der Waals surface area contributed by atoms with Crippen LogP contribution in [0.1, 0.15) is 43.4 Å². The first-order valence-corrected chi connectivity index (χ1v) is 9.22. The second kappa shape index (κ2) is 7.41. The van der Waals surface area contributed by atoms with E-state index in [4.69, 9.17) is 0 Å². The Bertz CT molecular complexity index is 432. The molecule has 1 aromatic rings. The van der Waals surface area contributed by atoms with Crippen molar-refractivity contribution in [3.63, 3.8) is 0 Å². The topological polar surface area (TPSA) is 23.6 Å². The standard InChI is InChI=1S/C17H26N2OS/c20-17(13-15-5-2-1-3-6-15)19-10-8-18(9-11-19)14-16-7-4-12-21-16/h4,7,12,15H,1-3,5-6,8-11,13-14H2. The van der Waals surface area contributed by atoms with E-state index in [1.807, 2.05) is 11.3 Å². The first kappa shape index (κ1) is 15.0. The molecule has 1 aliphatic carbocycles. The maximum Gasteiger partial charge on any atom is 0.222 e. The van der Waals surface area contributed by atoms with Gasteiger partial charge in [-0.2, -0.15) is 0 Å². The van der Waals surface area contributed by atoms with Gasteiger partial charge in [-0.1, -0.05) is 25.3 Å². The highest BCUT2D eigenvalue weighted by molar-refractivity contribution is 7.09. The Morgan fingerprint density at radius 1 is 1.14 bits per heavy atom. The summed E-state index contributed by atoms with van der Waals surface area (Å²) in [7, 11) is 0. The second-order valence-corrected chi connectivity index (χ2v) is 7.48. The van der Waals surface area contributed by atoms with E-state index in [1.165, 1.54) is 37.0 Å². The molecule has 0 bridgehead atoms. The Morgan fingerprint density at radius 3 is 2.57 bits per heavy atom. The molecule has 2 fully saturated rings. The van der Waals surface area contributed by atoms with Crippen LogP contribution in [0.25, 0.3) is 0 Å².